The zero-order valence-electron chi connectivity index (χ0n) is 21.0. The van der Waals surface area contributed by atoms with E-state index in [4.69, 9.17) is 10.5 Å². The van der Waals surface area contributed by atoms with Crippen molar-refractivity contribution in [2.24, 2.45) is 0 Å². The third kappa shape index (κ3) is 4.23. The number of nitrogens with zero attached hydrogens (tertiary/aromatic N) is 1. The van der Waals surface area contributed by atoms with Crippen LogP contribution in [0.15, 0.2) is 60.7 Å². The van der Waals surface area contributed by atoms with E-state index < -0.39 is 23.7 Å². The molecule has 0 radical (unpaired) electrons. The van der Waals surface area contributed by atoms with Gasteiger partial charge in [-0.1, -0.05) is 24.3 Å². The number of aromatic nitrogens is 1. The van der Waals surface area contributed by atoms with Gasteiger partial charge in [-0.3, -0.25) is 4.79 Å². The minimum absolute atomic E-state index is 0.0738. The topological polar surface area (TPSA) is 77.2 Å². The quantitative estimate of drug-likeness (QED) is 0.292. The van der Waals surface area contributed by atoms with Gasteiger partial charge >= 0.3 is 6.18 Å². The van der Waals surface area contributed by atoms with E-state index in [-0.39, 0.29) is 17.6 Å². The average Bonchev–Trinajstić information content (AvgIpc) is 3.44. The number of pyridine rings is 1. The van der Waals surface area contributed by atoms with Crippen LogP contribution in [0, 0.1) is 19.7 Å². The van der Waals surface area contributed by atoms with Crippen LogP contribution < -0.4 is 11.1 Å². The Morgan fingerprint density at radius 2 is 1.64 bits per heavy atom. The number of hydrogen-bond donors (Lipinski definition) is 2. The van der Waals surface area contributed by atoms with E-state index in [0.717, 1.165) is 51.2 Å². The maximum Gasteiger partial charge on any atom is 0.416 e. The molecule has 0 spiro atoms. The zero-order chi connectivity index (χ0) is 27.6. The van der Waals surface area contributed by atoms with Crippen LogP contribution in [0.3, 0.4) is 0 Å². The number of hydrogen-bond acceptors (Lipinski definition) is 4. The summed E-state index contributed by atoms with van der Waals surface area (Å²) in [5, 5.41) is 2.94. The largest absolute Gasteiger partial charge is 0.416 e. The number of fused-ring (bicyclic) bond motifs is 8. The summed E-state index contributed by atoms with van der Waals surface area (Å²) in [5.41, 5.74) is 11.9. The van der Waals surface area contributed by atoms with Gasteiger partial charge in [0, 0.05) is 23.4 Å². The highest BCUT2D eigenvalue weighted by atomic mass is 19.4. The number of anilines is 1. The Morgan fingerprint density at radius 3 is 2.33 bits per heavy atom. The van der Waals surface area contributed by atoms with Crippen LogP contribution in [0.2, 0.25) is 0 Å². The van der Waals surface area contributed by atoms with Crippen LogP contribution in [-0.2, 0) is 17.5 Å². The lowest BCUT2D eigenvalue weighted by Gasteiger charge is -2.18. The van der Waals surface area contributed by atoms with Gasteiger partial charge in [0.15, 0.2) is 0 Å². The Hall–Kier alpha value is -4.24. The molecule has 2 unspecified atom stereocenters. The standard InChI is InChI=1S/C30H23F4N3O2/c1-14-9-26(35)37-15(2)24(14)13-36-29(38)17-4-7-21-23(11-17)28-22-10-16(3-6-20(22)27(21)39-28)19-8-5-18(12-25(19)31)30(32,33)34/h3-12,27-28H,13H2,1-2H3,(H2,35,37)(H,36,38). The van der Waals surface area contributed by atoms with Crippen molar-refractivity contribution in [1.82, 2.24) is 10.3 Å². The van der Waals surface area contributed by atoms with E-state index in [0.29, 0.717) is 29.6 Å². The maximum atomic E-state index is 14.7. The number of alkyl halides is 3. The predicted molar refractivity (Wildman–Crippen MR) is 137 cm³/mol. The average molecular weight is 534 g/mol. The summed E-state index contributed by atoms with van der Waals surface area (Å²) in [6.45, 7) is 4.06. The molecule has 1 amide bonds. The zero-order valence-corrected chi connectivity index (χ0v) is 21.0. The number of nitrogens with one attached hydrogen (secondary N) is 1. The van der Waals surface area contributed by atoms with Crippen molar-refractivity contribution in [1.29, 1.82) is 0 Å². The molecule has 4 aromatic rings. The lowest BCUT2D eigenvalue weighted by atomic mass is 9.83. The summed E-state index contributed by atoms with van der Waals surface area (Å²) in [6, 6.07) is 15.0. The van der Waals surface area contributed by atoms with E-state index >= 15 is 0 Å². The number of carbonyl (C=O) groups is 1. The van der Waals surface area contributed by atoms with Gasteiger partial charge in [0.1, 0.15) is 23.8 Å². The first-order valence-corrected chi connectivity index (χ1v) is 12.3. The van der Waals surface area contributed by atoms with Gasteiger partial charge in [-0.25, -0.2) is 9.37 Å². The van der Waals surface area contributed by atoms with E-state index in [9.17, 15) is 22.4 Å². The number of nitrogens with two attached hydrogens (primary N) is 1. The molecule has 9 heteroatoms. The highest BCUT2D eigenvalue weighted by Crippen LogP contribution is 2.55. The number of amides is 1. The first kappa shape index (κ1) is 25.1. The van der Waals surface area contributed by atoms with E-state index in [1.807, 2.05) is 26.0 Å². The van der Waals surface area contributed by atoms with Gasteiger partial charge in [-0.2, -0.15) is 13.2 Å². The Morgan fingerprint density at radius 1 is 0.949 bits per heavy atom. The summed E-state index contributed by atoms with van der Waals surface area (Å²) in [5.74, 6) is -0.773. The molecule has 2 bridgehead atoms. The van der Waals surface area contributed by atoms with Gasteiger partial charge in [0.25, 0.3) is 5.91 Å². The first-order chi connectivity index (χ1) is 18.5. The van der Waals surface area contributed by atoms with E-state index in [1.165, 1.54) is 0 Å². The minimum Gasteiger partial charge on any atom is -0.384 e. The third-order valence-electron chi connectivity index (χ3n) is 7.44. The summed E-state index contributed by atoms with van der Waals surface area (Å²) >= 11 is 0. The second-order valence-corrected chi connectivity index (χ2v) is 9.89. The fourth-order valence-corrected chi connectivity index (χ4v) is 5.51. The molecule has 0 saturated carbocycles. The second kappa shape index (κ2) is 8.91. The molecule has 0 aliphatic carbocycles. The van der Waals surface area contributed by atoms with Gasteiger partial charge in [0.05, 0.1) is 5.56 Å². The van der Waals surface area contributed by atoms with Crippen LogP contribution in [0.25, 0.3) is 11.1 Å². The molecule has 2 atom stereocenters. The van der Waals surface area contributed by atoms with Crippen molar-refractivity contribution in [2.45, 2.75) is 38.8 Å². The maximum absolute atomic E-state index is 14.7. The number of nitrogen functional groups attached to an aromatic ring is 1. The van der Waals surface area contributed by atoms with E-state index in [2.05, 4.69) is 10.3 Å². The lowest BCUT2D eigenvalue weighted by molar-refractivity contribution is -0.137. The van der Waals surface area contributed by atoms with Gasteiger partial charge in [-0.05, 0) is 89.2 Å². The number of aryl methyl sites for hydroxylation is 2. The summed E-state index contributed by atoms with van der Waals surface area (Å²) < 4.78 is 59.8. The van der Waals surface area contributed by atoms with Crippen molar-refractivity contribution in [3.8, 4) is 11.1 Å². The van der Waals surface area contributed by atoms with Crippen molar-refractivity contribution in [2.75, 3.05) is 5.73 Å². The molecule has 3 heterocycles. The molecule has 6 rings (SSSR count). The Labute approximate surface area is 221 Å². The van der Waals surface area contributed by atoms with Crippen LogP contribution in [0.1, 0.15) is 67.2 Å². The van der Waals surface area contributed by atoms with Crippen molar-refractivity contribution in [3.63, 3.8) is 0 Å². The first-order valence-electron chi connectivity index (χ1n) is 12.3. The number of rotatable bonds is 4. The number of halogens is 4. The van der Waals surface area contributed by atoms with Crippen LogP contribution >= 0.6 is 0 Å². The Kier molecular flexibility index (Phi) is 5.73. The van der Waals surface area contributed by atoms with Crippen LogP contribution in [0.5, 0.6) is 0 Å². The fourth-order valence-electron chi connectivity index (χ4n) is 5.51. The lowest BCUT2D eigenvalue weighted by Crippen LogP contribution is -2.24. The van der Waals surface area contributed by atoms with Gasteiger partial charge in [0.2, 0.25) is 0 Å². The van der Waals surface area contributed by atoms with E-state index in [1.54, 1.807) is 30.3 Å². The molecule has 198 valence electrons. The molecular weight excluding hydrogens is 510 g/mol. The fraction of sp³-hybridized carbons (Fsp3) is 0.200. The second-order valence-electron chi connectivity index (χ2n) is 9.89. The monoisotopic (exact) mass is 533 g/mol. The van der Waals surface area contributed by atoms with Crippen molar-refractivity contribution in [3.05, 3.63) is 117 Å². The van der Waals surface area contributed by atoms with Crippen molar-refractivity contribution >= 4 is 11.7 Å². The number of carbonyl (C=O) groups excluding carboxylic acids is 1. The van der Waals surface area contributed by atoms with Crippen molar-refractivity contribution < 1.29 is 27.1 Å². The minimum atomic E-state index is -4.62. The summed E-state index contributed by atoms with van der Waals surface area (Å²) in [6.07, 6.45) is -5.41. The summed E-state index contributed by atoms with van der Waals surface area (Å²) in [4.78, 5) is 17.3. The van der Waals surface area contributed by atoms with Gasteiger partial charge < -0.3 is 15.8 Å². The Balaban J connectivity index is 1.26. The normalized spacial score (nSPS) is 17.2. The molecule has 3 N–H and O–H groups in total. The molecule has 5 nitrogen and oxygen atoms in total. The molecule has 3 aromatic carbocycles. The highest BCUT2D eigenvalue weighted by Gasteiger charge is 2.43. The molecule has 1 aromatic heterocycles. The number of ether oxygens (including phenoxy) is 1. The summed E-state index contributed by atoms with van der Waals surface area (Å²) in [7, 11) is 0. The van der Waals surface area contributed by atoms with Crippen LogP contribution in [0.4, 0.5) is 23.4 Å². The molecule has 0 saturated heterocycles. The predicted octanol–water partition coefficient (Wildman–Crippen LogP) is 6.56. The molecule has 2 aliphatic rings. The third-order valence-corrected chi connectivity index (χ3v) is 7.44. The Bertz CT molecular complexity index is 1640. The van der Waals surface area contributed by atoms with Crippen LogP contribution in [-0.4, -0.2) is 10.9 Å². The SMILES string of the molecule is Cc1cc(N)nc(C)c1CNC(=O)c1ccc2c(c1)C1OC2c2ccc(-c3ccc(C(F)(F)F)cc3F)cc21. The van der Waals surface area contributed by atoms with Gasteiger partial charge in [-0.15, -0.1) is 0 Å². The molecule has 39 heavy (non-hydrogen) atoms. The highest BCUT2D eigenvalue weighted by molar-refractivity contribution is 5.94. The molecular formula is C30H23F4N3O2. The molecule has 2 aliphatic heterocycles. The number of benzene rings is 3. The smallest absolute Gasteiger partial charge is 0.384 e. The molecule has 0 fully saturated rings.